The van der Waals surface area contributed by atoms with Crippen molar-refractivity contribution >= 4 is 39.7 Å². The third kappa shape index (κ3) is 3.14. The molecule has 0 atom stereocenters. The molecule has 0 saturated heterocycles. The van der Waals surface area contributed by atoms with Gasteiger partial charge in [-0.05, 0) is 18.2 Å². The summed E-state index contributed by atoms with van der Waals surface area (Å²) >= 11 is 6.06. The molecule has 140 valence electrons. The summed E-state index contributed by atoms with van der Waals surface area (Å²) in [5.74, 6) is -2.81. The number of benzene rings is 1. The van der Waals surface area contributed by atoms with Crippen molar-refractivity contribution in [2.24, 2.45) is 7.05 Å². The molecule has 0 saturated carbocycles. The number of pyridine rings is 1. The summed E-state index contributed by atoms with van der Waals surface area (Å²) in [4.78, 5) is 20.4. The van der Waals surface area contributed by atoms with Gasteiger partial charge in [-0.3, -0.25) is 4.79 Å². The Hall–Kier alpha value is -2.94. The fraction of sp³-hybridized carbons (Fsp3) is 0.235. The van der Waals surface area contributed by atoms with E-state index in [0.29, 0.717) is 27.4 Å². The highest BCUT2D eigenvalue weighted by atomic mass is 35.5. The molecule has 1 aromatic carbocycles. The van der Waals surface area contributed by atoms with Gasteiger partial charge in [0.1, 0.15) is 11.3 Å². The second-order valence-electron chi connectivity index (χ2n) is 6.14. The van der Waals surface area contributed by atoms with Gasteiger partial charge in [0.25, 0.3) is 11.5 Å². The van der Waals surface area contributed by atoms with Gasteiger partial charge in [-0.2, -0.15) is 0 Å². The molecule has 0 unspecified atom stereocenters. The molecule has 27 heavy (non-hydrogen) atoms. The van der Waals surface area contributed by atoms with Crippen LogP contribution in [-0.4, -0.2) is 33.6 Å². The average molecular weight is 394 g/mol. The van der Waals surface area contributed by atoms with Gasteiger partial charge < -0.3 is 19.9 Å². The summed E-state index contributed by atoms with van der Waals surface area (Å²) in [6.07, 6.45) is 2.80. The lowest BCUT2D eigenvalue weighted by atomic mass is 10.1. The average Bonchev–Trinajstić information content (AvgIpc) is 2.80. The summed E-state index contributed by atoms with van der Waals surface area (Å²) < 4.78 is 34.0. The number of fused-ring (bicyclic) bond motifs is 3. The number of alkyl halides is 2. The zero-order valence-electron chi connectivity index (χ0n) is 14.1. The highest BCUT2D eigenvalue weighted by Crippen LogP contribution is 2.36. The van der Waals surface area contributed by atoms with Crippen LogP contribution in [0.2, 0.25) is 5.02 Å². The Morgan fingerprint density at radius 3 is 3.00 bits per heavy atom. The van der Waals surface area contributed by atoms with E-state index in [1.807, 2.05) is 0 Å². The Bertz CT molecular complexity index is 1100. The molecule has 0 spiro atoms. The van der Waals surface area contributed by atoms with Crippen molar-refractivity contribution in [1.29, 1.82) is 0 Å². The van der Waals surface area contributed by atoms with E-state index in [-0.39, 0.29) is 11.4 Å². The predicted octanol–water partition coefficient (Wildman–Crippen LogP) is 3.17. The highest BCUT2D eigenvalue weighted by Gasteiger charge is 2.35. The zero-order chi connectivity index (χ0) is 19.2. The summed E-state index contributed by atoms with van der Waals surface area (Å²) in [6, 6.07) is 5.16. The molecular weight excluding hydrogens is 380 g/mol. The van der Waals surface area contributed by atoms with E-state index >= 15 is 0 Å². The van der Waals surface area contributed by atoms with Crippen LogP contribution in [0, 0.1) is 0 Å². The fourth-order valence-corrected chi connectivity index (χ4v) is 3.05. The molecule has 0 amide bonds. The number of ether oxygens (including phenoxy) is 1. The second kappa shape index (κ2) is 6.34. The molecule has 2 N–H and O–H groups in total. The molecule has 4 rings (SSSR count). The van der Waals surface area contributed by atoms with Gasteiger partial charge in [0, 0.05) is 18.1 Å². The van der Waals surface area contributed by atoms with Crippen molar-refractivity contribution in [3.63, 3.8) is 0 Å². The first-order valence-electron chi connectivity index (χ1n) is 7.99. The van der Waals surface area contributed by atoms with Crippen molar-refractivity contribution in [2.75, 3.05) is 23.8 Å². The topological polar surface area (TPSA) is 81.1 Å². The first kappa shape index (κ1) is 17.5. The number of nitrogens with zero attached hydrogens (tertiary/aromatic N) is 3. The predicted molar refractivity (Wildman–Crippen MR) is 98.4 cm³/mol. The van der Waals surface area contributed by atoms with E-state index in [0.717, 1.165) is 0 Å². The molecule has 2 aromatic heterocycles. The molecule has 1 aliphatic heterocycles. The summed E-state index contributed by atoms with van der Waals surface area (Å²) in [6.45, 7) is -1.49. The maximum atomic E-state index is 13.7. The van der Waals surface area contributed by atoms with Gasteiger partial charge in [0.2, 0.25) is 5.75 Å². The molecule has 3 heterocycles. The maximum absolute atomic E-state index is 13.7. The van der Waals surface area contributed by atoms with Gasteiger partial charge in [-0.25, -0.2) is 18.7 Å². The van der Waals surface area contributed by atoms with Crippen LogP contribution in [0.3, 0.4) is 0 Å². The Balaban J connectivity index is 1.86. The van der Waals surface area contributed by atoms with Crippen LogP contribution in [0.5, 0.6) is 5.75 Å². The largest absolute Gasteiger partial charge is 0.480 e. The normalized spacial score (nSPS) is 15.4. The Kier molecular flexibility index (Phi) is 4.11. The van der Waals surface area contributed by atoms with E-state index in [9.17, 15) is 13.6 Å². The van der Waals surface area contributed by atoms with Crippen LogP contribution in [0.1, 0.15) is 0 Å². The summed E-state index contributed by atoms with van der Waals surface area (Å²) in [7, 11) is 1.56. The Morgan fingerprint density at radius 1 is 1.41 bits per heavy atom. The van der Waals surface area contributed by atoms with Crippen LogP contribution < -0.4 is 20.9 Å². The number of rotatable bonds is 2. The van der Waals surface area contributed by atoms with Crippen LogP contribution in [-0.2, 0) is 7.05 Å². The molecule has 3 aromatic rings. The molecule has 0 radical (unpaired) electrons. The minimum atomic E-state index is -3.08. The Labute approximate surface area is 157 Å². The smallest absolute Gasteiger partial charge is 0.298 e. The maximum Gasteiger partial charge on any atom is 0.298 e. The minimum Gasteiger partial charge on any atom is -0.480 e. The summed E-state index contributed by atoms with van der Waals surface area (Å²) in [5.41, 5.74) is 0.936. The molecule has 0 fully saturated rings. The fourth-order valence-electron chi connectivity index (χ4n) is 2.89. The van der Waals surface area contributed by atoms with Crippen molar-refractivity contribution in [2.45, 2.75) is 5.92 Å². The van der Waals surface area contributed by atoms with Gasteiger partial charge in [0.15, 0.2) is 12.4 Å². The first-order valence-corrected chi connectivity index (χ1v) is 8.37. The van der Waals surface area contributed by atoms with Crippen LogP contribution in [0.15, 0.2) is 35.5 Å². The lowest BCUT2D eigenvalue weighted by molar-refractivity contribution is -0.0251. The van der Waals surface area contributed by atoms with Crippen LogP contribution in [0.25, 0.3) is 10.9 Å². The van der Waals surface area contributed by atoms with E-state index in [4.69, 9.17) is 16.3 Å². The number of nitrogens with one attached hydrogen (secondary N) is 2. The molecule has 7 nitrogen and oxygen atoms in total. The highest BCUT2D eigenvalue weighted by molar-refractivity contribution is 6.32. The molecule has 0 aliphatic carbocycles. The molecule has 0 bridgehead atoms. The van der Waals surface area contributed by atoms with E-state index in [2.05, 4.69) is 20.6 Å². The number of hydrogen-bond acceptors (Lipinski definition) is 6. The van der Waals surface area contributed by atoms with Gasteiger partial charge in [0.05, 0.1) is 23.9 Å². The number of anilines is 3. The van der Waals surface area contributed by atoms with Crippen LogP contribution >= 0.6 is 11.6 Å². The lowest BCUT2D eigenvalue weighted by Crippen LogP contribution is -2.31. The summed E-state index contributed by atoms with van der Waals surface area (Å²) in [5, 5.41) is 6.60. The second-order valence-corrected chi connectivity index (χ2v) is 6.55. The van der Waals surface area contributed by atoms with Crippen molar-refractivity contribution in [3.8, 4) is 5.75 Å². The standard InChI is InChI=1S/C17H14ClF2N5O2/c1-25-12-3-2-9(24-15-11(18)5-21-8-23-15)4-10(12)13-14(16(25)26)27-7-17(19,20)6-22-13/h2-5,8,22H,6-7H2,1H3,(H,21,23,24). The SMILES string of the molecule is Cn1c(=O)c2c(c3cc(Nc4ncncc4Cl)ccc31)NCC(F)(F)CO2. The first-order chi connectivity index (χ1) is 12.9. The number of aromatic nitrogens is 3. The zero-order valence-corrected chi connectivity index (χ0v) is 14.8. The van der Waals surface area contributed by atoms with E-state index in [1.54, 1.807) is 25.2 Å². The lowest BCUT2D eigenvalue weighted by Gasteiger charge is -2.15. The third-order valence-corrected chi connectivity index (χ3v) is 4.51. The minimum absolute atomic E-state index is 0.126. The van der Waals surface area contributed by atoms with E-state index in [1.165, 1.54) is 17.1 Å². The van der Waals surface area contributed by atoms with Crippen molar-refractivity contribution < 1.29 is 13.5 Å². The van der Waals surface area contributed by atoms with Gasteiger partial charge in [-0.15, -0.1) is 0 Å². The quantitative estimate of drug-likeness (QED) is 0.696. The van der Waals surface area contributed by atoms with E-state index < -0.39 is 24.6 Å². The Morgan fingerprint density at radius 2 is 2.22 bits per heavy atom. The number of hydrogen-bond donors (Lipinski definition) is 2. The van der Waals surface area contributed by atoms with Gasteiger partial charge in [-0.1, -0.05) is 11.6 Å². The van der Waals surface area contributed by atoms with Gasteiger partial charge >= 0.3 is 0 Å². The van der Waals surface area contributed by atoms with Crippen LogP contribution in [0.4, 0.5) is 26.0 Å². The third-order valence-electron chi connectivity index (χ3n) is 4.24. The molecular formula is C17H14ClF2N5O2. The molecule has 10 heteroatoms. The number of halogens is 3. The van der Waals surface area contributed by atoms with Crippen molar-refractivity contribution in [3.05, 3.63) is 46.1 Å². The number of aryl methyl sites for hydroxylation is 1. The molecule has 1 aliphatic rings. The van der Waals surface area contributed by atoms with Crippen molar-refractivity contribution in [1.82, 2.24) is 14.5 Å². The monoisotopic (exact) mass is 393 g/mol.